The molecule has 27 nitrogen and oxygen atoms in total. The lowest BCUT2D eigenvalue weighted by Crippen LogP contribution is -2.56. The molecule has 2 saturated carbocycles. The molecule has 3 aliphatic heterocycles. The fourth-order valence-electron chi connectivity index (χ4n) is 13.1. The van der Waals surface area contributed by atoms with Gasteiger partial charge in [0.2, 0.25) is 17.7 Å². The van der Waals surface area contributed by atoms with Crippen LogP contribution in [0.15, 0.2) is 153 Å². The summed E-state index contributed by atoms with van der Waals surface area (Å²) >= 11 is 24.1. The van der Waals surface area contributed by atoms with Gasteiger partial charge in [0.25, 0.3) is 34.4 Å². The molecule has 0 bridgehead atoms. The first-order valence-electron chi connectivity index (χ1n) is 35.5. The van der Waals surface area contributed by atoms with Gasteiger partial charge < -0.3 is 30.7 Å². The average Bonchev–Trinajstić information content (AvgIpc) is 0.816. The summed E-state index contributed by atoms with van der Waals surface area (Å²) in [5, 5.41) is 23.9. The number of hydrogen-bond acceptors (Lipinski definition) is 15. The number of amides is 6. The summed E-state index contributed by atoms with van der Waals surface area (Å²) in [6.07, 6.45) is 16.0. The Morgan fingerprint density at radius 1 is 0.518 bits per heavy atom. The van der Waals surface area contributed by atoms with Gasteiger partial charge in [-0.1, -0.05) is 135 Å². The van der Waals surface area contributed by atoms with E-state index in [0.717, 1.165) is 39.8 Å². The van der Waals surface area contributed by atoms with Crippen molar-refractivity contribution in [1.82, 2.24) is 74.3 Å². The number of nitrogens with zero attached hydrogens (tertiary/aromatic N) is 15. The van der Waals surface area contributed by atoms with Gasteiger partial charge in [-0.15, -0.1) is 17.4 Å². The first-order chi connectivity index (χ1) is 52.4. The zero-order chi connectivity index (χ0) is 78.5. The Kier molecular flexibility index (Phi) is 23.4. The van der Waals surface area contributed by atoms with Crippen molar-refractivity contribution in [2.45, 2.75) is 112 Å². The third kappa shape index (κ3) is 18.7. The van der Waals surface area contributed by atoms with E-state index >= 15 is 0 Å². The number of carbonyl (C=O) groups excluding carboxylic acids is 6. The topological polar surface area (TPSA) is 332 Å². The number of aromatic nitrogens is 9. The largest absolute Gasteiger partial charge is 0.348 e. The third-order valence-corrected chi connectivity index (χ3v) is 20.2. The highest BCUT2D eigenvalue weighted by Crippen LogP contribution is 2.39. The van der Waals surface area contributed by atoms with E-state index in [2.05, 4.69) is 98.7 Å². The van der Waals surface area contributed by atoms with Gasteiger partial charge in [0, 0.05) is 131 Å². The highest BCUT2D eigenvalue weighted by atomic mass is 35.5. The number of hydrogen-bond donors (Lipinski definition) is 3. The predicted molar refractivity (Wildman–Crippen MR) is 419 cm³/mol. The van der Waals surface area contributed by atoms with E-state index in [-0.39, 0.29) is 107 Å². The normalized spacial score (nSPS) is 15.4. The van der Waals surface area contributed by atoms with Crippen molar-refractivity contribution in [2.24, 2.45) is 27.3 Å². The molecule has 5 fully saturated rings. The number of azide groups is 1. The van der Waals surface area contributed by atoms with Crippen LogP contribution in [-0.2, 0) is 53.7 Å². The van der Waals surface area contributed by atoms with Crippen LogP contribution in [0.1, 0.15) is 127 Å². The highest BCUT2D eigenvalue weighted by molar-refractivity contribution is 6.35. The summed E-state index contributed by atoms with van der Waals surface area (Å²) in [7, 11) is 0. The molecule has 2 aliphatic carbocycles. The first kappa shape index (κ1) is 78.3. The zero-order valence-electron chi connectivity index (χ0n) is 61.1. The number of carbonyl (C=O) groups is 6. The SMILES string of the molecule is C#CC1CC1.CC1(C)CN(C(=O)Cn2c(=O)c(C(=O)NCc3ccc(Cl)cc3)cc3c(-n4cc(C5CC5)nn4)ccnc32)C1.CC1(C)CN(C(=O)Cn2c(=O)c(C(=O)NCc3ccc(Cl)cc3)cc3c(Cl)ccnc32)C1.CC1(C)CN(C(=O)Cn2c(=O)c(C(=O)NCc3ccc(Cl)cc3)cc3c(N=[N+]=[N-])ccnc32)C1. The molecule has 0 atom stereocenters. The van der Waals surface area contributed by atoms with Gasteiger partial charge in [-0.05, 0) is 137 Å². The molecule has 31 heteroatoms. The van der Waals surface area contributed by atoms with Gasteiger partial charge in [0.1, 0.15) is 53.3 Å². The maximum absolute atomic E-state index is 13.7. The Bertz CT molecular complexity index is 5540. The molecular weight excluding hydrogens is 1490 g/mol. The second-order valence-corrected chi connectivity index (χ2v) is 31.9. The lowest BCUT2D eigenvalue weighted by atomic mass is 9.84. The molecule has 110 heavy (non-hydrogen) atoms. The van der Waals surface area contributed by atoms with Gasteiger partial charge in [-0.2, -0.15) is 0 Å². The second-order valence-electron chi connectivity index (χ2n) is 30.2. The van der Waals surface area contributed by atoms with Gasteiger partial charge in [0.15, 0.2) is 0 Å². The van der Waals surface area contributed by atoms with Crippen LogP contribution in [-0.4, -0.2) is 133 Å². The Labute approximate surface area is 651 Å². The maximum Gasteiger partial charge on any atom is 0.265 e. The van der Waals surface area contributed by atoms with Crippen LogP contribution in [0.3, 0.4) is 0 Å². The number of pyridine rings is 6. The summed E-state index contributed by atoms with van der Waals surface area (Å²) < 4.78 is 5.33. The summed E-state index contributed by atoms with van der Waals surface area (Å²) in [4.78, 5) is 139. The summed E-state index contributed by atoms with van der Waals surface area (Å²) in [6.45, 7) is 16.0. The summed E-state index contributed by atoms with van der Waals surface area (Å²) in [5.74, 6) is 1.34. The van der Waals surface area contributed by atoms with Crippen molar-refractivity contribution in [3.63, 3.8) is 0 Å². The highest BCUT2D eigenvalue weighted by Gasteiger charge is 2.40. The smallest absolute Gasteiger partial charge is 0.265 e. The van der Waals surface area contributed by atoms with Crippen LogP contribution < -0.4 is 32.6 Å². The summed E-state index contributed by atoms with van der Waals surface area (Å²) in [5.41, 5.74) is 11.8. The molecule has 15 rings (SSSR count). The molecule has 6 amide bonds. The van der Waals surface area contributed by atoms with Crippen molar-refractivity contribution >= 4 is 121 Å². The number of likely N-dealkylation sites (tertiary alicyclic amines) is 3. The monoisotopic (exact) mass is 1560 g/mol. The number of nitrogens with one attached hydrogen (secondary N) is 3. The fourth-order valence-corrected chi connectivity index (χ4v) is 13.6. The van der Waals surface area contributed by atoms with Crippen LogP contribution in [0.2, 0.25) is 20.1 Å². The van der Waals surface area contributed by atoms with E-state index < -0.39 is 34.4 Å². The van der Waals surface area contributed by atoms with Crippen LogP contribution >= 0.6 is 46.4 Å². The van der Waals surface area contributed by atoms with Crippen molar-refractivity contribution in [2.75, 3.05) is 39.3 Å². The fraction of sp³-hybridized carbons (Fsp3) is 0.342. The Balaban J connectivity index is 0.000000149. The van der Waals surface area contributed by atoms with Gasteiger partial charge in [0.05, 0.1) is 22.6 Å². The molecular formula is C79H78Cl4N18O9. The van der Waals surface area contributed by atoms with E-state index in [1.54, 1.807) is 111 Å². The lowest BCUT2D eigenvalue weighted by Gasteiger charge is -2.45. The van der Waals surface area contributed by atoms with Crippen molar-refractivity contribution < 1.29 is 28.8 Å². The number of halogens is 4. The van der Waals surface area contributed by atoms with Gasteiger partial charge >= 0.3 is 0 Å². The van der Waals surface area contributed by atoms with E-state index in [0.29, 0.717) is 98.7 Å². The molecule has 0 unspecified atom stereocenters. The standard InChI is InChI=1S/C28H28ClN7O3.C23H22Cl2N4O3.C23H22ClN7O3.C5H6/c1-28(2)15-34(16-28)24(37)14-35-25-20(23(9-10-30-25)36-13-22(32-33-36)18-5-6-18)11-21(27(35)39)26(38)31-12-17-3-7-19(29)8-4-17;1-23(2)12-28(13-23)19(30)11-29-20-16(18(25)7-8-26-20)9-17(22(29)32)21(31)27-10-14-3-5-15(24)6-4-14;1-23(2)12-30(13-23)19(32)11-31-20-16(18(28-29-25)7-8-26-20)9-17(22(31)34)21(33)27-10-14-3-5-15(24)6-4-14;1-2-5-3-4-5/h3-4,7-11,13,18H,5-6,12,14-16H2,1-2H3,(H,31,38);3-9H,10-13H2,1-2H3,(H,27,31);3-9H,10-13H2,1-2H3,(H,27,33);1,5H,3-4H2. The van der Waals surface area contributed by atoms with E-state index in [4.69, 9.17) is 58.4 Å². The van der Waals surface area contributed by atoms with E-state index in [9.17, 15) is 43.2 Å². The molecule has 0 radical (unpaired) electrons. The van der Waals surface area contributed by atoms with Crippen LogP contribution in [0.4, 0.5) is 5.69 Å². The minimum Gasteiger partial charge on any atom is -0.348 e. The molecule has 3 N–H and O–H groups in total. The van der Waals surface area contributed by atoms with Crippen LogP contribution in [0, 0.1) is 34.5 Å². The van der Waals surface area contributed by atoms with Crippen LogP contribution in [0.5, 0.6) is 0 Å². The molecule has 3 aromatic carbocycles. The molecule has 7 aromatic heterocycles. The Morgan fingerprint density at radius 2 is 0.882 bits per heavy atom. The van der Waals surface area contributed by atoms with Gasteiger partial charge in [-0.25, -0.2) is 19.6 Å². The first-order valence-corrected chi connectivity index (χ1v) is 37.0. The Morgan fingerprint density at radius 3 is 1.25 bits per heavy atom. The molecule has 10 heterocycles. The minimum atomic E-state index is -0.653. The zero-order valence-corrected chi connectivity index (χ0v) is 64.2. The quantitative estimate of drug-likeness (QED) is 0.0311. The molecule has 10 aromatic rings. The van der Waals surface area contributed by atoms with Crippen molar-refractivity contribution in [3.8, 4) is 18.0 Å². The maximum atomic E-state index is 13.7. The molecule has 0 spiro atoms. The number of fused-ring (bicyclic) bond motifs is 3. The molecule has 566 valence electrons. The van der Waals surface area contributed by atoms with E-state index in [1.165, 1.54) is 58.6 Å². The lowest BCUT2D eigenvalue weighted by molar-refractivity contribution is -0.142. The number of rotatable bonds is 18. The molecule has 5 aliphatic rings. The second kappa shape index (κ2) is 32.9. The average molecular weight is 1570 g/mol. The third-order valence-electron chi connectivity index (χ3n) is 19.1. The van der Waals surface area contributed by atoms with Crippen molar-refractivity contribution in [1.29, 1.82) is 0 Å². The number of benzene rings is 3. The minimum absolute atomic E-state index is 0.0268. The number of terminal acetylenes is 1. The van der Waals surface area contributed by atoms with Crippen molar-refractivity contribution in [3.05, 3.63) is 235 Å². The van der Waals surface area contributed by atoms with E-state index in [1.807, 2.05) is 6.20 Å². The van der Waals surface area contributed by atoms with Crippen LogP contribution in [0.25, 0.3) is 49.2 Å². The Hall–Kier alpha value is -11.3. The molecule has 3 saturated heterocycles. The van der Waals surface area contributed by atoms with Gasteiger partial charge in [-0.3, -0.25) is 56.9 Å². The predicted octanol–water partition coefficient (Wildman–Crippen LogP) is 11.6. The summed E-state index contributed by atoms with van der Waals surface area (Å²) in [6, 6.07) is 30.2.